The third kappa shape index (κ3) is 2.08. The molecule has 0 saturated carbocycles. The van der Waals surface area contributed by atoms with Gasteiger partial charge in [-0.1, -0.05) is 0 Å². The van der Waals surface area contributed by atoms with Crippen LogP contribution in [0.4, 0.5) is 0 Å². The van der Waals surface area contributed by atoms with E-state index >= 15 is 0 Å². The molecule has 2 aromatic carbocycles. The van der Waals surface area contributed by atoms with Gasteiger partial charge in [-0.3, -0.25) is 0 Å². The van der Waals surface area contributed by atoms with E-state index in [9.17, 15) is 0 Å². The average Bonchev–Trinajstić information content (AvgIpc) is 2.11. The largest absolute Gasteiger partial charge is 0.0496 e. The van der Waals surface area contributed by atoms with Gasteiger partial charge in [-0.05, 0) is 98.8 Å². The van der Waals surface area contributed by atoms with Crippen molar-refractivity contribution >= 4 is 74.5 Å². The predicted octanol–water partition coefficient (Wildman–Crippen LogP) is 5.89. The summed E-state index contributed by atoms with van der Waals surface area (Å²) < 4.78 is 4.27. The highest BCUT2D eigenvalue weighted by Crippen LogP contribution is 2.33. The zero-order valence-corrected chi connectivity index (χ0v) is 13.2. The Kier molecular flexibility index (Phi) is 3.37. The van der Waals surface area contributed by atoms with Gasteiger partial charge in [-0.2, -0.15) is 0 Å². The molecule has 0 saturated heterocycles. The van der Waals surface area contributed by atoms with Crippen molar-refractivity contribution in [3.63, 3.8) is 0 Å². The maximum absolute atomic E-state index is 3.49. The van der Waals surface area contributed by atoms with E-state index in [0.29, 0.717) is 0 Å². The minimum Gasteiger partial charge on any atom is -0.0496 e. The zero-order chi connectivity index (χ0) is 10.3. The van der Waals surface area contributed by atoms with Gasteiger partial charge in [-0.25, -0.2) is 0 Å². The van der Waals surface area contributed by atoms with Crippen LogP contribution in [0.5, 0.6) is 0 Å². The highest BCUT2D eigenvalue weighted by atomic mass is 79.9. The van der Waals surface area contributed by atoms with Crippen molar-refractivity contribution in [1.82, 2.24) is 0 Å². The van der Waals surface area contributed by atoms with Crippen LogP contribution < -0.4 is 0 Å². The molecule has 0 nitrogen and oxygen atoms in total. The SMILES string of the molecule is Brc1cc2cc(Br)c(Br)cc2cc1Br. The Morgan fingerprint density at radius 2 is 0.714 bits per heavy atom. The number of fused-ring (bicyclic) bond motifs is 1. The smallest absolute Gasteiger partial charge is 0.0323 e. The maximum Gasteiger partial charge on any atom is 0.0323 e. The van der Waals surface area contributed by atoms with Crippen LogP contribution in [0.3, 0.4) is 0 Å². The third-order valence-corrected chi connectivity index (χ3v) is 5.61. The van der Waals surface area contributed by atoms with Crippen LogP contribution in [0.1, 0.15) is 0 Å². The average molecular weight is 444 g/mol. The lowest BCUT2D eigenvalue weighted by molar-refractivity contribution is 1.60. The van der Waals surface area contributed by atoms with Crippen LogP contribution >= 0.6 is 63.7 Å². The summed E-state index contributed by atoms with van der Waals surface area (Å²) in [6, 6.07) is 8.38. The molecule has 0 aliphatic heterocycles. The van der Waals surface area contributed by atoms with E-state index in [1.807, 2.05) is 0 Å². The number of hydrogen-bond acceptors (Lipinski definition) is 0. The monoisotopic (exact) mass is 440 g/mol. The summed E-state index contributed by atoms with van der Waals surface area (Å²) in [6.07, 6.45) is 0. The third-order valence-electron chi connectivity index (χ3n) is 1.92. The second-order valence-corrected chi connectivity index (χ2v) is 6.30. The Morgan fingerprint density at radius 3 is 0.929 bits per heavy atom. The second-order valence-electron chi connectivity index (χ2n) is 2.88. The van der Waals surface area contributed by atoms with Gasteiger partial charge in [0.1, 0.15) is 0 Å². The second kappa shape index (κ2) is 4.24. The van der Waals surface area contributed by atoms with Gasteiger partial charge in [0.15, 0.2) is 0 Å². The quantitative estimate of drug-likeness (QED) is 0.476. The molecule has 0 heterocycles. The van der Waals surface area contributed by atoms with Crippen molar-refractivity contribution in [1.29, 1.82) is 0 Å². The van der Waals surface area contributed by atoms with Gasteiger partial charge in [0, 0.05) is 17.9 Å². The summed E-state index contributed by atoms with van der Waals surface area (Å²) in [7, 11) is 0. The van der Waals surface area contributed by atoms with E-state index in [1.54, 1.807) is 0 Å². The van der Waals surface area contributed by atoms with Gasteiger partial charge < -0.3 is 0 Å². The lowest BCUT2D eigenvalue weighted by atomic mass is 10.1. The van der Waals surface area contributed by atoms with E-state index in [4.69, 9.17) is 0 Å². The first kappa shape index (κ1) is 11.1. The molecule has 4 heteroatoms. The zero-order valence-electron chi connectivity index (χ0n) is 6.82. The van der Waals surface area contributed by atoms with Gasteiger partial charge in [-0.15, -0.1) is 0 Å². The molecule has 72 valence electrons. The lowest BCUT2D eigenvalue weighted by Crippen LogP contribution is -1.77. The lowest BCUT2D eigenvalue weighted by Gasteiger charge is -2.04. The minimum absolute atomic E-state index is 1.07. The van der Waals surface area contributed by atoms with E-state index in [0.717, 1.165) is 17.9 Å². The fraction of sp³-hybridized carbons (Fsp3) is 0. The first-order chi connectivity index (χ1) is 6.58. The van der Waals surface area contributed by atoms with Crippen molar-refractivity contribution < 1.29 is 0 Å². The molecule has 0 radical (unpaired) electrons. The van der Waals surface area contributed by atoms with Gasteiger partial charge >= 0.3 is 0 Å². The van der Waals surface area contributed by atoms with Gasteiger partial charge in [0.05, 0.1) is 0 Å². The summed E-state index contributed by atoms with van der Waals surface area (Å²) >= 11 is 13.9. The number of rotatable bonds is 0. The summed E-state index contributed by atoms with van der Waals surface area (Å²) in [5, 5.41) is 2.41. The fourth-order valence-corrected chi connectivity index (χ4v) is 2.68. The molecule has 0 spiro atoms. The molecule has 14 heavy (non-hydrogen) atoms. The predicted molar refractivity (Wildman–Crippen MR) is 74.7 cm³/mol. The summed E-state index contributed by atoms with van der Waals surface area (Å²) in [4.78, 5) is 0. The van der Waals surface area contributed by atoms with Crippen LogP contribution in [0.2, 0.25) is 0 Å². The first-order valence-electron chi connectivity index (χ1n) is 3.82. The van der Waals surface area contributed by atoms with E-state index in [-0.39, 0.29) is 0 Å². The number of benzene rings is 2. The van der Waals surface area contributed by atoms with Crippen molar-refractivity contribution in [3.8, 4) is 0 Å². The highest BCUT2D eigenvalue weighted by Gasteiger charge is 2.03. The Hall–Kier alpha value is 0.620. The molecule has 0 N–H and O–H groups in total. The molecule has 0 unspecified atom stereocenters. The molecule has 0 atom stereocenters. The Balaban J connectivity index is 2.83. The molecular formula is C10H4Br4. The molecular weight excluding hydrogens is 440 g/mol. The van der Waals surface area contributed by atoms with Crippen LogP contribution in [0.15, 0.2) is 42.2 Å². The van der Waals surface area contributed by atoms with E-state index in [1.165, 1.54) is 10.8 Å². The maximum atomic E-state index is 3.49. The Labute approximate surface area is 116 Å². The van der Waals surface area contributed by atoms with Crippen molar-refractivity contribution in [2.24, 2.45) is 0 Å². The molecule has 2 rings (SSSR count). The fourth-order valence-electron chi connectivity index (χ4n) is 1.24. The topological polar surface area (TPSA) is 0 Å². The molecule has 0 fully saturated rings. The van der Waals surface area contributed by atoms with Crippen molar-refractivity contribution in [2.45, 2.75) is 0 Å². The summed E-state index contributed by atoms with van der Waals surface area (Å²) in [6.45, 7) is 0. The number of halogens is 4. The van der Waals surface area contributed by atoms with Gasteiger partial charge in [0.25, 0.3) is 0 Å². The molecule has 0 amide bonds. The summed E-state index contributed by atoms with van der Waals surface area (Å²) in [5.74, 6) is 0. The van der Waals surface area contributed by atoms with Crippen LogP contribution in [-0.4, -0.2) is 0 Å². The molecule has 0 bridgehead atoms. The molecule has 0 aliphatic rings. The summed E-state index contributed by atoms with van der Waals surface area (Å²) in [5.41, 5.74) is 0. The molecule has 2 aromatic rings. The van der Waals surface area contributed by atoms with Crippen LogP contribution in [-0.2, 0) is 0 Å². The van der Waals surface area contributed by atoms with Crippen molar-refractivity contribution in [3.05, 3.63) is 42.2 Å². The van der Waals surface area contributed by atoms with E-state index in [2.05, 4.69) is 88.0 Å². The molecule has 0 aliphatic carbocycles. The van der Waals surface area contributed by atoms with E-state index < -0.39 is 0 Å². The normalized spacial score (nSPS) is 10.9. The van der Waals surface area contributed by atoms with Crippen LogP contribution in [0, 0.1) is 0 Å². The minimum atomic E-state index is 1.07. The number of hydrogen-bond donors (Lipinski definition) is 0. The van der Waals surface area contributed by atoms with Crippen LogP contribution in [0.25, 0.3) is 10.8 Å². The highest BCUT2D eigenvalue weighted by molar-refractivity contribution is 9.13. The van der Waals surface area contributed by atoms with Crippen molar-refractivity contribution in [2.75, 3.05) is 0 Å². The Morgan fingerprint density at radius 1 is 0.500 bits per heavy atom. The Bertz CT molecular complexity index is 416. The van der Waals surface area contributed by atoms with Gasteiger partial charge in [0.2, 0.25) is 0 Å². The first-order valence-corrected chi connectivity index (χ1v) is 6.99. The standard InChI is InChI=1S/C10H4Br4/c11-7-1-5-2-9(13)10(14)4-6(5)3-8(7)12/h1-4H. The molecule has 0 aromatic heterocycles.